The number of amides is 6. The minimum absolute atomic E-state index is 0.0568. The van der Waals surface area contributed by atoms with E-state index in [0.717, 1.165) is 0 Å². The minimum atomic E-state index is -1.83. The van der Waals surface area contributed by atoms with Crippen LogP contribution in [-0.4, -0.2) is 136 Å². The maximum atomic E-state index is 13.6. The van der Waals surface area contributed by atoms with Gasteiger partial charge in [0.05, 0.1) is 12.5 Å². The van der Waals surface area contributed by atoms with E-state index >= 15 is 0 Å². The number of carboxylic acids is 3. The van der Waals surface area contributed by atoms with Gasteiger partial charge in [0.2, 0.25) is 35.4 Å². The number of rotatable bonds is 30. The normalized spacial score (nSPS) is 14.8. The highest BCUT2D eigenvalue weighted by Crippen LogP contribution is 2.10. The molecule has 0 aromatic heterocycles. The van der Waals surface area contributed by atoms with E-state index in [-0.39, 0.29) is 12.8 Å². The van der Waals surface area contributed by atoms with Crippen LogP contribution >= 0.6 is 11.8 Å². The van der Waals surface area contributed by atoms with Gasteiger partial charge < -0.3 is 64.4 Å². The van der Waals surface area contributed by atoms with E-state index in [0.29, 0.717) is 50.9 Å². The molecule has 0 aromatic carbocycles. The number of nitrogens with two attached hydrogens (primary N) is 3. The highest BCUT2D eigenvalue weighted by Gasteiger charge is 2.34. The van der Waals surface area contributed by atoms with Gasteiger partial charge in [-0.3, -0.25) is 38.4 Å². The van der Waals surface area contributed by atoms with E-state index in [2.05, 4.69) is 31.9 Å². The molecule has 6 amide bonds. The van der Waals surface area contributed by atoms with Crippen LogP contribution in [0.4, 0.5) is 0 Å². The van der Waals surface area contributed by atoms with Crippen LogP contribution in [0.2, 0.25) is 0 Å². The standard InChI is InChI=1S/C34H61N9O12S/c1-18(2)27(43-31(51)22(13-16-56-4)39-29(49)20(37)9-5-7-14-35)33(53)40-21(11-12-25(44)45)30(50)42-24(17-26(46)47)32(52)38-19(3)28(48)41-23(34(54)55)10-6-8-15-36/h18-24,27H,5-17,35-37H2,1-4H3,(H,38,52)(H,39,49)(H,40,53)(H,41,48)(H,42,50)(H,43,51)(H,44,45)(H,46,47)(H,54,55). The first-order valence-corrected chi connectivity index (χ1v) is 19.8. The van der Waals surface area contributed by atoms with Crippen LogP contribution in [0.3, 0.4) is 0 Å². The average Bonchev–Trinajstić information content (AvgIpc) is 3.12. The first-order chi connectivity index (χ1) is 26.3. The van der Waals surface area contributed by atoms with Crippen LogP contribution in [-0.2, 0) is 43.2 Å². The fraction of sp³-hybridized carbons (Fsp3) is 0.735. The number of aliphatic carboxylic acids is 3. The molecule has 22 heteroatoms. The minimum Gasteiger partial charge on any atom is -0.481 e. The van der Waals surface area contributed by atoms with Crippen LogP contribution in [0.15, 0.2) is 0 Å². The van der Waals surface area contributed by atoms with Gasteiger partial charge in [0.25, 0.3) is 0 Å². The number of carbonyl (C=O) groups is 9. The number of hydrogen-bond acceptors (Lipinski definition) is 13. The molecule has 7 unspecified atom stereocenters. The van der Waals surface area contributed by atoms with E-state index in [1.165, 1.54) is 18.7 Å². The van der Waals surface area contributed by atoms with Crippen LogP contribution in [0, 0.1) is 5.92 Å². The number of hydrogen-bond donors (Lipinski definition) is 12. The van der Waals surface area contributed by atoms with Crippen LogP contribution in [0.5, 0.6) is 0 Å². The summed E-state index contributed by atoms with van der Waals surface area (Å²) in [6.07, 6.45) is 2.39. The van der Waals surface area contributed by atoms with Gasteiger partial charge in [-0.2, -0.15) is 11.8 Å². The predicted molar refractivity (Wildman–Crippen MR) is 206 cm³/mol. The Morgan fingerprint density at radius 2 is 1.05 bits per heavy atom. The summed E-state index contributed by atoms with van der Waals surface area (Å²) in [5.41, 5.74) is 16.9. The molecule has 0 saturated carbocycles. The van der Waals surface area contributed by atoms with Gasteiger partial charge in [-0.1, -0.05) is 20.3 Å². The molecule has 0 bridgehead atoms. The molecule has 0 aromatic rings. The fourth-order valence-electron chi connectivity index (χ4n) is 5.09. The summed E-state index contributed by atoms with van der Waals surface area (Å²) in [5, 5.41) is 42.5. The van der Waals surface area contributed by atoms with Gasteiger partial charge in [-0.25, -0.2) is 4.79 Å². The van der Waals surface area contributed by atoms with Gasteiger partial charge in [0, 0.05) is 6.42 Å². The topological polar surface area (TPSA) is 365 Å². The summed E-state index contributed by atoms with van der Waals surface area (Å²) >= 11 is 1.41. The van der Waals surface area contributed by atoms with Gasteiger partial charge in [-0.05, 0) is 82.9 Å². The maximum absolute atomic E-state index is 13.6. The molecule has 0 aliphatic rings. The molecule has 0 saturated heterocycles. The Balaban J connectivity index is 6.05. The lowest BCUT2D eigenvalue weighted by atomic mass is 10.0. The van der Waals surface area contributed by atoms with Crippen molar-refractivity contribution in [2.24, 2.45) is 23.1 Å². The van der Waals surface area contributed by atoms with Crippen LogP contribution < -0.4 is 49.1 Å². The van der Waals surface area contributed by atoms with E-state index in [1.807, 2.05) is 0 Å². The summed E-state index contributed by atoms with van der Waals surface area (Å²) in [6.45, 7) is 5.12. The third kappa shape index (κ3) is 20.9. The Morgan fingerprint density at radius 1 is 0.554 bits per heavy atom. The molecule has 15 N–H and O–H groups in total. The molecular formula is C34H61N9O12S. The molecule has 0 radical (unpaired) electrons. The summed E-state index contributed by atoms with van der Waals surface area (Å²) in [6, 6.07) is -9.46. The molecule has 56 heavy (non-hydrogen) atoms. The summed E-state index contributed by atoms with van der Waals surface area (Å²) in [5.74, 6) is -9.76. The summed E-state index contributed by atoms with van der Waals surface area (Å²) in [7, 11) is 0. The van der Waals surface area contributed by atoms with Crippen molar-refractivity contribution in [1.29, 1.82) is 0 Å². The van der Waals surface area contributed by atoms with Crippen LogP contribution in [0.1, 0.15) is 85.0 Å². The largest absolute Gasteiger partial charge is 0.481 e. The fourth-order valence-corrected chi connectivity index (χ4v) is 5.56. The second kappa shape index (κ2) is 27.9. The van der Waals surface area contributed by atoms with Gasteiger partial charge in [0.1, 0.15) is 36.3 Å². The quantitative estimate of drug-likeness (QED) is 0.0329. The summed E-state index contributed by atoms with van der Waals surface area (Å²) < 4.78 is 0. The molecule has 7 atom stereocenters. The second-order valence-corrected chi connectivity index (χ2v) is 14.5. The Morgan fingerprint density at radius 3 is 1.57 bits per heavy atom. The van der Waals surface area contributed by atoms with Crippen molar-refractivity contribution < 1.29 is 58.5 Å². The SMILES string of the molecule is CSCCC(NC(=O)C(N)CCCCN)C(=O)NC(C(=O)NC(CCC(=O)O)C(=O)NC(CC(=O)O)C(=O)NC(C)C(=O)NC(CCCCN)C(=O)O)C(C)C. The van der Waals surface area contributed by atoms with Crippen molar-refractivity contribution in [3.05, 3.63) is 0 Å². The Hall–Kier alpha value is -4.54. The smallest absolute Gasteiger partial charge is 0.326 e. The van der Waals surface area contributed by atoms with Crippen molar-refractivity contribution in [2.45, 2.75) is 127 Å². The van der Waals surface area contributed by atoms with Crippen molar-refractivity contribution in [3.8, 4) is 0 Å². The molecule has 0 aliphatic carbocycles. The highest BCUT2D eigenvalue weighted by atomic mass is 32.2. The summed E-state index contributed by atoms with van der Waals surface area (Å²) in [4.78, 5) is 114. The zero-order valence-electron chi connectivity index (χ0n) is 32.5. The van der Waals surface area contributed by atoms with Crippen molar-refractivity contribution in [1.82, 2.24) is 31.9 Å². The third-order valence-electron chi connectivity index (χ3n) is 8.40. The maximum Gasteiger partial charge on any atom is 0.326 e. The Kier molecular flexibility index (Phi) is 25.7. The monoisotopic (exact) mass is 819 g/mol. The molecule has 320 valence electrons. The second-order valence-electron chi connectivity index (χ2n) is 13.5. The molecule has 0 aliphatic heterocycles. The van der Waals surface area contributed by atoms with E-state index in [4.69, 9.17) is 17.2 Å². The van der Waals surface area contributed by atoms with E-state index in [1.54, 1.807) is 20.1 Å². The average molecular weight is 820 g/mol. The lowest BCUT2D eigenvalue weighted by Gasteiger charge is -2.28. The van der Waals surface area contributed by atoms with Crippen molar-refractivity contribution >= 4 is 65.1 Å². The van der Waals surface area contributed by atoms with E-state index in [9.17, 15) is 58.5 Å². The molecular weight excluding hydrogens is 758 g/mol. The Labute approximate surface area is 330 Å². The number of nitrogens with one attached hydrogen (secondary N) is 6. The van der Waals surface area contributed by atoms with Gasteiger partial charge in [-0.15, -0.1) is 0 Å². The predicted octanol–water partition coefficient (Wildman–Crippen LogP) is -2.67. The lowest BCUT2D eigenvalue weighted by Crippen LogP contribution is -2.60. The first kappa shape index (κ1) is 51.5. The van der Waals surface area contributed by atoms with Crippen molar-refractivity contribution in [2.75, 3.05) is 25.1 Å². The lowest BCUT2D eigenvalue weighted by molar-refractivity contribution is -0.143. The Bertz CT molecular complexity index is 1340. The molecule has 21 nitrogen and oxygen atoms in total. The highest BCUT2D eigenvalue weighted by molar-refractivity contribution is 7.98. The molecule has 0 fully saturated rings. The van der Waals surface area contributed by atoms with E-state index < -0.39 is 121 Å². The molecule has 0 heterocycles. The van der Waals surface area contributed by atoms with Gasteiger partial charge >= 0.3 is 17.9 Å². The zero-order valence-corrected chi connectivity index (χ0v) is 33.3. The van der Waals surface area contributed by atoms with Crippen LogP contribution in [0.25, 0.3) is 0 Å². The van der Waals surface area contributed by atoms with Gasteiger partial charge in [0.15, 0.2) is 0 Å². The number of unbranched alkanes of at least 4 members (excludes halogenated alkanes) is 2. The zero-order chi connectivity index (χ0) is 43.0. The molecule has 0 rings (SSSR count). The number of carboxylic acid groups (broad SMARTS) is 3. The number of carbonyl (C=O) groups excluding carboxylic acids is 6. The molecule has 0 spiro atoms. The number of thioether (sulfide) groups is 1. The first-order valence-electron chi connectivity index (χ1n) is 18.4. The van der Waals surface area contributed by atoms with Crippen molar-refractivity contribution in [3.63, 3.8) is 0 Å². The third-order valence-corrected chi connectivity index (χ3v) is 9.05.